The van der Waals surface area contributed by atoms with Gasteiger partial charge in [0.1, 0.15) is 0 Å². The van der Waals surface area contributed by atoms with Gasteiger partial charge in [0, 0.05) is 5.88 Å². The molecule has 0 aliphatic heterocycles. The zero-order valence-corrected chi connectivity index (χ0v) is 5.54. The molecule has 6 heavy (non-hydrogen) atoms. The number of aliphatic hydroxyl groups excluding tert-OH is 1. The fourth-order valence-electron chi connectivity index (χ4n) is 0.0488. The third-order valence-corrected chi connectivity index (χ3v) is 1.72. The lowest BCUT2D eigenvalue weighted by atomic mass is 10.5. The molecule has 0 aromatic rings. The Kier molecular flexibility index (Phi) is 4.38. The summed E-state index contributed by atoms with van der Waals surface area (Å²) in [5, 5.41) is 8.20. The van der Waals surface area contributed by atoms with Gasteiger partial charge in [0.15, 0.2) is 0 Å². The van der Waals surface area contributed by atoms with Crippen LogP contribution in [0.1, 0.15) is 0 Å². The standard InChI is InChI=1S/C3H6BrClO/c4-3(1-5)2-6/h3,6H,1-2H2. The highest BCUT2D eigenvalue weighted by Gasteiger charge is 1.94. The number of rotatable bonds is 2. The summed E-state index contributed by atoms with van der Waals surface area (Å²) in [6, 6.07) is 0. The minimum atomic E-state index is 0.0687. The van der Waals surface area contributed by atoms with Crippen molar-refractivity contribution in [1.82, 2.24) is 0 Å². The molecule has 0 bridgehead atoms. The second-order valence-corrected chi connectivity index (χ2v) is 2.54. The third kappa shape index (κ3) is 2.94. The minimum Gasteiger partial charge on any atom is -0.395 e. The molecule has 0 saturated carbocycles. The van der Waals surface area contributed by atoms with E-state index in [1.165, 1.54) is 0 Å². The number of hydrogen-bond acceptors (Lipinski definition) is 1. The molecule has 1 nitrogen and oxygen atoms in total. The molecule has 3 heteroatoms. The largest absolute Gasteiger partial charge is 0.395 e. The summed E-state index contributed by atoms with van der Waals surface area (Å²) in [4.78, 5) is 0.0687. The molecule has 0 fully saturated rings. The van der Waals surface area contributed by atoms with Crippen molar-refractivity contribution in [2.75, 3.05) is 12.5 Å². The van der Waals surface area contributed by atoms with Crippen molar-refractivity contribution in [3.8, 4) is 0 Å². The van der Waals surface area contributed by atoms with Crippen LogP contribution in [0.15, 0.2) is 0 Å². The molecule has 1 unspecified atom stereocenters. The Morgan fingerprint density at radius 2 is 2.33 bits per heavy atom. The van der Waals surface area contributed by atoms with Gasteiger partial charge in [-0.05, 0) is 0 Å². The van der Waals surface area contributed by atoms with Crippen LogP contribution < -0.4 is 0 Å². The highest BCUT2D eigenvalue weighted by molar-refractivity contribution is 9.09. The van der Waals surface area contributed by atoms with Gasteiger partial charge in [-0.3, -0.25) is 0 Å². The lowest BCUT2D eigenvalue weighted by Crippen LogP contribution is -2.03. The van der Waals surface area contributed by atoms with E-state index in [1.807, 2.05) is 0 Å². The molecule has 0 radical (unpaired) electrons. The molecule has 1 N–H and O–H groups in total. The Hall–Kier alpha value is 0.730. The van der Waals surface area contributed by atoms with E-state index >= 15 is 0 Å². The van der Waals surface area contributed by atoms with Gasteiger partial charge in [0.05, 0.1) is 11.4 Å². The molecule has 0 aliphatic carbocycles. The molecule has 0 aromatic heterocycles. The van der Waals surface area contributed by atoms with Crippen molar-refractivity contribution in [3.05, 3.63) is 0 Å². The summed E-state index contributed by atoms with van der Waals surface area (Å²) in [6.45, 7) is 0.115. The zero-order valence-electron chi connectivity index (χ0n) is 3.19. The van der Waals surface area contributed by atoms with Crippen LogP contribution in [0.25, 0.3) is 0 Å². The quantitative estimate of drug-likeness (QED) is 0.617. The van der Waals surface area contributed by atoms with Crippen molar-refractivity contribution in [2.24, 2.45) is 0 Å². The third-order valence-electron chi connectivity index (χ3n) is 0.366. The van der Waals surface area contributed by atoms with Crippen LogP contribution >= 0.6 is 27.5 Å². The molecule has 1 atom stereocenters. The van der Waals surface area contributed by atoms with Gasteiger partial charge in [0.2, 0.25) is 0 Å². The fraction of sp³-hybridized carbons (Fsp3) is 1.00. The molecule has 0 amide bonds. The number of hydrogen-bond donors (Lipinski definition) is 1. The normalized spacial score (nSPS) is 14.5. The van der Waals surface area contributed by atoms with E-state index in [4.69, 9.17) is 16.7 Å². The van der Waals surface area contributed by atoms with Crippen LogP contribution in [-0.4, -0.2) is 22.4 Å². The van der Waals surface area contributed by atoms with Crippen LogP contribution in [0.4, 0.5) is 0 Å². The van der Waals surface area contributed by atoms with Gasteiger partial charge in [-0.15, -0.1) is 11.6 Å². The monoisotopic (exact) mass is 172 g/mol. The van der Waals surface area contributed by atoms with Gasteiger partial charge in [0.25, 0.3) is 0 Å². The van der Waals surface area contributed by atoms with Crippen molar-refractivity contribution in [1.29, 1.82) is 0 Å². The zero-order chi connectivity index (χ0) is 4.99. The van der Waals surface area contributed by atoms with Crippen molar-refractivity contribution >= 4 is 27.5 Å². The summed E-state index contributed by atoms with van der Waals surface area (Å²) in [7, 11) is 0. The Morgan fingerprint density at radius 1 is 1.83 bits per heavy atom. The first-order valence-corrected chi connectivity index (χ1v) is 3.07. The van der Waals surface area contributed by atoms with Crippen LogP contribution in [0.2, 0.25) is 0 Å². The van der Waals surface area contributed by atoms with Gasteiger partial charge in [-0.1, -0.05) is 15.9 Å². The van der Waals surface area contributed by atoms with Gasteiger partial charge in [-0.25, -0.2) is 0 Å². The molecule has 0 rings (SSSR count). The predicted molar refractivity (Wildman–Crippen MR) is 30.5 cm³/mol. The van der Waals surface area contributed by atoms with E-state index in [2.05, 4.69) is 15.9 Å². The molecule has 0 heterocycles. The Labute approximate surface area is 50.4 Å². The second-order valence-electron chi connectivity index (χ2n) is 0.934. The van der Waals surface area contributed by atoms with Crippen molar-refractivity contribution in [2.45, 2.75) is 4.83 Å². The molecule has 0 aromatic carbocycles. The maximum atomic E-state index is 8.20. The maximum absolute atomic E-state index is 8.20. The number of halogens is 2. The van der Waals surface area contributed by atoms with Crippen LogP contribution in [0, 0.1) is 0 Å². The maximum Gasteiger partial charge on any atom is 0.0568 e. The Bertz CT molecular complexity index is 30.0. The summed E-state index contributed by atoms with van der Waals surface area (Å²) >= 11 is 8.34. The van der Waals surface area contributed by atoms with Gasteiger partial charge < -0.3 is 5.11 Å². The summed E-state index contributed by atoms with van der Waals surface area (Å²) in [5.74, 6) is 0.469. The average Bonchev–Trinajstić information content (AvgIpc) is 1.65. The molecule has 0 aliphatic rings. The van der Waals surface area contributed by atoms with Crippen LogP contribution in [-0.2, 0) is 0 Å². The molecule has 0 spiro atoms. The van der Waals surface area contributed by atoms with Gasteiger partial charge >= 0.3 is 0 Å². The lowest BCUT2D eigenvalue weighted by molar-refractivity contribution is 0.302. The van der Waals surface area contributed by atoms with E-state index in [0.29, 0.717) is 5.88 Å². The number of aliphatic hydroxyl groups is 1. The first kappa shape index (κ1) is 6.73. The lowest BCUT2D eigenvalue weighted by Gasteiger charge is -1.94. The Balaban J connectivity index is 2.75. The first-order chi connectivity index (χ1) is 2.81. The van der Waals surface area contributed by atoms with E-state index in [9.17, 15) is 0 Å². The molecular weight excluding hydrogens is 167 g/mol. The predicted octanol–water partition coefficient (Wildman–Crippen LogP) is 0.981. The highest BCUT2D eigenvalue weighted by atomic mass is 79.9. The summed E-state index contributed by atoms with van der Waals surface area (Å²) < 4.78 is 0. The SMILES string of the molecule is OCC(Br)CCl. The smallest absolute Gasteiger partial charge is 0.0568 e. The molecule has 38 valence electrons. The summed E-state index contributed by atoms with van der Waals surface area (Å²) in [6.07, 6.45) is 0. The number of alkyl halides is 2. The van der Waals surface area contributed by atoms with E-state index in [-0.39, 0.29) is 11.4 Å². The molecular formula is C3H6BrClO. The highest BCUT2D eigenvalue weighted by Crippen LogP contribution is 1.98. The fourth-order valence-corrected chi connectivity index (χ4v) is 0.146. The van der Waals surface area contributed by atoms with Crippen LogP contribution in [0.5, 0.6) is 0 Å². The second kappa shape index (κ2) is 3.90. The van der Waals surface area contributed by atoms with Crippen molar-refractivity contribution in [3.63, 3.8) is 0 Å². The van der Waals surface area contributed by atoms with E-state index < -0.39 is 0 Å². The first-order valence-electron chi connectivity index (χ1n) is 1.62. The van der Waals surface area contributed by atoms with E-state index in [1.54, 1.807) is 0 Å². The molecule has 0 saturated heterocycles. The minimum absolute atomic E-state index is 0.0687. The van der Waals surface area contributed by atoms with E-state index in [0.717, 1.165) is 0 Å². The topological polar surface area (TPSA) is 20.2 Å². The average molecular weight is 173 g/mol. The van der Waals surface area contributed by atoms with Crippen LogP contribution in [0.3, 0.4) is 0 Å². The van der Waals surface area contributed by atoms with Crippen molar-refractivity contribution < 1.29 is 5.11 Å². The summed E-state index contributed by atoms with van der Waals surface area (Å²) in [5.41, 5.74) is 0. The van der Waals surface area contributed by atoms with Gasteiger partial charge in [-0.2, -0.15) is 0 Å². The Morgan fingerprint density at radius 3 is 2.33 bits per heavy atom.